The fourth-order valence-electron chi connectivity index (χ4n) is 2.00. The number of urea groups is 1. The van der Waals surface area contributed by atoms with Crippen molar-refractivity contribution in [3.8, 4) is 0 Å². The van der Waals surface area contributed by atoms with E-state index < -0.39 is 0 Å². The molecule has 18 heavy (non-hydrogen) atoms. The molecule has 0 atom stereocenters. The van der Waals surface area contributed by atoms with Crippen LogP contribution in [0.3, 0.4) is 0 Å². The number of amides is 2. The standard InChI is InChI=1S/C13H19N3O2/c1-2-18-10-9-15-7-8-16(13(15)17)12-5-3-11(14)4-6-12/h3-6H,2,7-10,14H2,1H3. The number of rotatable bonds is 5. The van der Waals surface area contributed by atoms with Crippen molar-refractivity contribution < 1.29 is 9.53 Å². The fourth-order valence-corrected chi connectivity index (χ4v) is 2.00. The Balaban J connectivity index is 1.96. The summed E-state index contributed by atoms with van der Waals surface area (Å²) in [5, 5.41) is 0. The average molecular weight is 249 g/mol. The van der Waals surface area contributed by atoms with Crippen LogP contribution in [0.2, 0.25) is 0 Å². The highest BCUT2D eigenvalue weighted by atomic mass is 16.5. The number of hydrogen-bond donors (Lipinski definition) is 1. The second kappa shape index (κ2) is 5.73. The summed E-state index contributed by atoms with van der Waals surface area (Å²) >= 11 is 0. The topological polar surface area (TPSA) is 58.8 Å². The molecule has 5 nitrogen and oxygen atoms in total. The van der Waals surface area contributed by atoms with Crippen LogP contribution in [0.25, 0.3) is 0 Å². The van der Waals surface area contributed by atoms with Crippen molar-refractivity contribution in [3.05, 3.63) is 24.3 Å². The Hall–Kier alpha value is -1.75. The quantitative estimate of drug-likeness (QED) is 0.636. The van der Waals surface area contributed by atoms with Gasteiger partial charge in [-0.3, -0.25) is 4.90 Å². The Morgan fingerprint density at radius 1 is 1.28 bits per heavy atom. The summed E-state index contributed by atoms with van der Waals surface area (Å²) in [6, 6.07) is 7.41. The van der Waals surface area contributed by atoms with Gasteiger partial charge in [0.2, 0.25) is 0 Å². The van der Waals surface area contributed by atoms with Crippen molar-refractivity contribution in [2.45, 2.75) is 6.92 Å². The lowest BCUT2D eigenvalue weighted by Gasteiger charge is -2.18. The molecule has 0 bridgehead atoms. The van der Waals surface area contributed by atoms with Gasteiger partial charge in [-0.05, 0) is 31.2 Å². The fraction of sp³-hybridized carbons (Fsp3) is 0.462. The second-order valence-electron chi connectivity index (χ2n) is 4.21. The maximum Gasteiger partial charge on any atom is 0.324 e. The van der Waals surface area contributed by atoms with Crippen LogP contribution in [0.15, 0.2) is 24.3 Å². The number of nitrogen functional groups attached to an aromatic ring is 1. The molecule has 1 aromatic rings. The molecule has 1 fully saturated rings. The van der Waals surface area contributed by atoms with Crippen LogP contribution in [0.4, 0.5) is 16.2 Å². The number of nitrogens with zero attached hydrogens (tertiary/aromatic N) is 2. The van der Waals surface area contributed by atoms with Crippen molar-refractivity contribution in [2.75, 3.05) is 43.5 Å². The van der Waals surface area contributed by atoms with E-state index in [4.69, 9.17) is 10.5 Å². The third-order valence-electron chi connectivity index (χ3n) is 3.01. The van der Waals surface area contributed by atoms with Crippen molar-refractivity contribution in [1.82, 2.24) is 4.90 Å². The lowest BCUT2D eigenvalue weighted by molar-refractivity contribution is 0.126. The minimum atomic E-state index is 0.0412. The van der Waals surface area contributed by atoms with E-state index >= 15 is 0 Å². The minimum absolute atomic E-state index is 0.0412. The van der Waals surface area contributed by atoms with Gasteiger partial charge < -0.3 is 15.4 Å². The Labute approximate surface area is 107 Å². The van der Waals surface area contributed by atoms with Gasteiger partial charge in [0.05, 0.1) is 6.61 Å². The Morgan fingerprint density at radius 3 is 2.67 bits per heavy atom. The van der Waals surface area contributed by atoms with Crippen molar-refractivity contribution >= 4 is 17.4 Å². The number of ether oxygens (including phenoxy) is 1. The third kappa shape index (κ3) is 2.73. The maximum absolute atomic E-state index is 12.2. The molecule has 5 heteroatoms. The van der Waals surface area contributed by atoms with Gasteiger partial charge in [-0.25, -0.2) is 4.79 Å². The van der Waals surface area contributed by atoms with Crippen molar-refractivity contribution in [1.29, 1.82) is 0 Å². The first kappa shape index (κ1) is 12.7. The summed E-state index contributed by atoms with van der Waals surface area (Å²) in [5.41, 5.74) is 7.24. The minimum Gasteiger partial charge on any atom is -0.399 e. The smallest absolute Gasteiger partial charge is 0.324 e. The van der Waals surface area contributed by atoms with Gasteiger partial charge in [-0.15, -0.1) is 0 Å². The van der Waals surface area contributed by atoms with Gasteiger partial charge in [0, 0.05) is 37.6 Å². The van der Waals surface area contributed by atoms with Gasteiger partial charge in [0.15, 0.2) is 0 Å². The molecule has 1 saturated heterocycles. The molecule has 2 rings (SSSR count). The molecule has 98 valence electrons. The lowest BCUT2D eigenvalue weighted by atomic mass is 10.2. The highest BCUT2D eigenvalue weighted by Gasteiger charge is 2.28. The van der Waals surface area contributed by atoms with E-state index in [0.717, 1.165) is 18.8 Å². The number of nitrogens with two attached hydrogens (primary N) is 1. The zero-order valence-electron chi connectivity index (χ0n) is 10.6. The molecule has 1 aliphatic rings. The SMILES string of the molecule is CCOCCN1CCN(c2ccc(N)cc2)C1=O. The zero-order valence-corrected chi connectivity index (χ0v) is 10.6. The van der Waals surface area contributed by atoms with E-state index in [1.54, 1.807) is 4.90 Å². The van der Waals surface area contributed by atoms with Crippen LogP contribution in [-0.2, 0) is 4.74 Å². The Bertz CT molecular complexity index is 405. The molecule has 0 spiro atoms. The molecular formula is C13H19N3O2. The predicted molar refractivity (Wildman–Crippen MR) is 71.7 cm³/mol. The Kier molecular flexibility index (Phi) is 4.04. The molecule has 1 aromatic carbocycles. The molecule has 2 N–H and O–H groups in total. The summed E-state index contributed by atoms with van der Waals surface area (Å²) in [7, 11) is 0. The van der Waals surface area contributed by atoms with E-state index in [2.05, 4.69) is 0 Å². The molecule has 1 aliphatic heterocycles. The first-order chi connectivity index (χ1) is 8.72. The zero-order chi connectivity index (χ0) is 13.0. The summed E-state index contributed by atoms with van der Waals surface area (Å²) in [6.07, 6.45) is 0. The molecule has 0 unspecified atom stereocenters. The Morgan fingerprint density at radius 2 is 2.00 bits per heavy atom. The maximum atomic E-state index is 12.2. The normalized spacial score (nSPS) is 15.5. The number of carbonyl (C=O) groups excluding carboxylic acids is 1. The molecule has 0 aliphatic carbocycles. The number of carbonyl (C=O) groups is 1. The largest absolute Gasteiger partial charge is 0.399 e. The van der Waals surface area contributed by atoms with Crippen molar-refractivity contribution in [3.63, 3.8) is 0 Å². The van der Waals surface area contributed by atoms with Gasteiger partial charge >= 0.3 is 6.03 Å². The second-order valence-corrected chi connectivity index (χ2v) is 4.21. The predicted octanol–water partition coefficient (Wildman–Crippen LogP) is 1.55. The molecule has 0 saturated carbocycles. The highest BCUT2D eigenvalue weighted by Crippen LogP contribution is 2.21. The van der Waals surface area contributed by atoms with E-state index in [1.807, 2.05) is 36.1 Å². The van der Waals surface area contributed by atoms with Gasteiger partial charge in [0.1, 0.15) is 0 Å². The number of benzene rings is 1. The third-order valence-corrected chi connectivity index (χ3v) is 3.01. The van der Waals surface area contributed by atoms with E-state index in [-0.39, 0.29) is 6.03 Å². The molecule has 0 radical (unpaired) electrons. The van der Waals surface area contributed by atoms with Crippen LogP contribution in [-0.4, -0.2) is 43.8 Å². The highest BCUT2D eigenvalue weighted by molar-refractivity contribution is 5.94. The van der Waals surface area contributed by atoms with E-state index in [1.165, 1.54) is 0 Å². The molecule has 1 heterocycles. The molecule has 0 aromatic heterocycles. The van der Waals surface area contributed by atoms with Gasteiger partial charge in [0.25, 0.3) is 0 Å². The van der Waals surface area contributed by atoms with Crippen molar-refractivity contribution in [2.24, 2.45) is 0 Å². The lowest BCUT2D eigenvalue weighted by Crippen LogP contribution is -2.33. The van der Waals surface area contributed by atoms with Gasteiger partial charge in [-0.2, -0.15) is 0 Å². The van der Waals surface area contributed by atoms with E-state index in [9.17, 15) is 4.79 Å². The summed E-state index contributed by atoms with van der Waals surface area (Å²) in [5.74, 6) is 0. The van der Waals surface area contributed by atoms with Crippen LogP contribution < -0.4 is 10.6 Å². The van der Waals surface area contributed by atoms with E-state index in [0.29, 0.717) is 25.4 Å². The summed E-state index contributed by atoms with van der Waals surface area (Å²) in [4.78, 5) is 15.7. The first-order valence-corrected chi connectivity index (χ1v) is 6.22. The number of anilines is 2. The monoisotopic (exact) mass is 249 g/mol. The van der Waals surface area contributed by atoms with Crippen LogP contribution in [0.1, 0.15) is 6.92 Å². The average Bonchev–Trinajstić information content (AvgIpc) is 2.73. The van der Waals surface area contributed by atoms with Gasteiger partial charge in [-0.1, -0.05) is 0 Å². The van der Waals surface area contributed by atoms with Crippen LogP contribution in [0.5, 0.6) is 0 Å². The summed E-state index contributed by atoms with van der Waals surface area (Å²) in [6.45, 7) is 5.34. The van der Waals surface area contributed by atoms with Crippen LogP contribution in [0, 0.1) is 0 Å². The summed E-state index contributed by atoms with van der Waals surface area (Å²) < 4.78 is 5.27. The number of hydrogen-bond acceptors (Lipinski definition) is 3. The molecular weight excluding hydrogens is 230 g/mol. The molecule has 2 amide bonds. The van der Waals surface area contributed by atoms with Crippen LogP contribution >= 0.6 is 0 Å². The first-order valence-electron chi connectivity index (χ1n) is 6.22.